The van der Waals surface area contributed by atoms with Crippen LogP contribution in [0.5, 0.6) is 11.5 Å². The molecule has 33 heavy (non-hydrogen) atoms. The Balaban J connectivity index is 1.32. The van der Waals surface area contributed by atoms with Crippen LogP contribution >= 0.6 is 23.1 Å². The van der Waals surface area contributed by atoms with E-state index in [2.05, 4.69) is 15.5 Å². The molecule has 4 rings (SSSR count). The molecule has 0 aliphatic heterocycles. The summed E-state index contributed by atoms with van der Waals surface area (Å²) in [5, 5.41) is 3.77. The highest BCUT2D eigenvalue weighted by atomic mass is 32.2. The summed E-state index contributed by atoms with van der Waals surface area (Å²) in [7, 11) is 1.59. The van der Waals surface area contributed by atoms with Crippen LogP contribution in [0.25, 0.3) is 10.2 Å². The van der Waals surface area contributed by atoms with Crippen LogP contribution < -0.4 is 14.9 Å². The average Bonchev–Trinajstić information content (AvgIpc) is 3.26. The van der Waals surface area contributed by atoms with Crippen LogP contribution in [0.2, 0.25) is 0 Å². The molecule has 3 aromatic carbocycles. The lowest BCUT2D eigenvalue weighted by atomic mass is 10.2. The number of methoxy groups -OCH3 is 1. The van der Waals surface area contributed by atoms with Crippen molar-refractivity contribution in [2.75, 3.05) is 7.11 Å². The molecule has 4 aromatic rings. The number of rotatable bonds is 9. The Morgan fingerprint density at radius 1 is 1.12 bits per heavy atom. The lowest BCUT2D eigenvalue weighted by molar-refractivity contribution is -0.120. The largest absolute Gasteiger partial charge is 0.493 e. The van der Waals surface area contributed by atoms with Gasteiger partial charge in [-0.05, 0) is 48.4 Å². The number of nitrogens with zero attached hydrogens (tertiary/aromatic N) is 2. The standard InChI is InChI=1S/C25H23N3O3S2/c1-17(32-25-27-20-10-6-7-11-23(20)33-25)24(29)28-26-15-19-12-13-21(22(14-19)30-2)31-16-18-8-4-3-5-9-18/h3-15,17H,16H2,1-2H3,(H,28,29). The van der Waals surface area contributed by atoms with Crippen LogP contribution in [-0.2, 0) is 11.4 Å². The topological polar surface area (TPSA) is 72.8 Å². The van der Waals surface area contributed by atoms with Gasteiger partial charge in [-0.3, -0.25) is 4.79 Å². The summed E-state index contributed by atoms with van der Waals surface area (Å²) in [6.07, 6.45) is 1.58. The summed E-state index contributed by atoms with van der Waals surface area (Å²) in [5.74, 6) is 1.05. The van der Waals surface area contributed by atoms with Gasteiger partial charge in [-0.1, -0.05) is 54.2 Å². The summed E-state index contributed by atoms with van der Waals surface area (Å²) >= 11 is 3.00. The van der Waals surface area contributed by atoms with Crippen LogP contribution in [0.15, 0.2) is 82.2 Å². The lowest BCUT2D eigenvalue weighted by Gasteiger charge is -2.11. The number of para-hydroxylation sites is 1. The Bertz CT molecular complexity index is 1230. The maximum Gasteiger partial charge on any atom is 0.253 e. The Hall–Kier alpha value is -3.36. The van der Waals surface area contributed by atoms with Gasteiger partial charge >= 0.3 is 0 Å². The lowest BCUT2D eigenvalue weighted by Crippen LogP contribution is -2.26. The van der Waals surface area contributed by atoms with Crippen LogP contribution in [0.3, 0.4) is 0 Å². The normalized spacial score (nSPS) is 12.1. The molecule has 1 unspecified atom stereocenters. The predicted molar refractivity (Wildman–Crippen MR) is 134 cm³/mol. The summed E-state index contributed by atoms with van der Waals surface area (Å²) < 4.78 is 13.3. The van der Waals surface area contributed by atoms with E-state index in [-0.39, 0.29) is 11.2 Å². The van der Waals surface area contributed by atoms with Crippen LogP contribution in [-0.4, -0.2) is 29.5 Å². The number of amides is 1. The minimum absolute atomic E-state index is 0.190. The highest BCUT2D eigenvalue weighted by Gasteiger charge is 2.16. The number of aromatic nitrogens is 1. The van der Waals surface area contributed by atoms with Crippen molar-refractivity contribution in [2.24, 2.45) is 5.10 Å². The number of hydrogen-bond donors (Lipinski definition) is 1. The maximum absolute atomic E-state index is 12.4. The molecular weight excluding hydrogens is 454 g/mol. The van der Waals surface area contributed by atoms with Crippen LogP contribution in [0.1, 0.15) is 18.1 Å². The molecule has 6 nitrogen and oxygen atoms in total. The highest BCUT2D eigenvalue weighted by Crippen LogP contribution is 2.32. The Labute approximate surface area is 200 Å². The van der Waals surface area contributed by atoms with E-state index in [1.165, 1.54) is 11.8 Å². The highest BCUT2D eigenvalue weighted by molar-refractivity contribution is 8.02. The van der Waals surface area contributed by atoms with Gasteiger partial charge in [0.05, 0.1) is 28.8 Å². The Kier molecular flexibility index (Phi) is 7.59. The van der Waals surface area contributed by atoms with E-state index in [0.29, 0.717) is 18.1 Å². The van der Waals surface area contributed by atoms with Crippen LogP contribution in [0, 0.1) is 0 Å². The van der Waals surface area contributed by atoms with E-state index in [4.69, 9.17) is 9.47 Å². The van der Waals surface area contributed by atoms with Crippen molar-refractivity contribution in [1.82, 2.24) is 10.4 Å². The molecule has 0 radical (unpaired) electrons. The second kappa shape index (κ2) is 11.0. The van der Waals surface area contributed by atoms with Crippen molar-refractivity contribution in [3.8, 4) is 11.5 Å². The predicted octanol–water partition coefficient (Wildman–Crippen LogP) is 5.51. The van der Waals surface area contributed by atoms with E-state index in [1.54, 1.807) is 24.7 Å². The number of ether oxygens (including phenoxy) is 2. The second-order valence-electron chi connectivity index (χ2n) is 7.13. The molecule has 1 N–H and O–H groups in total. The third-order valence-corrected chi connectivity index (χ3v) is 6.96. The first-order chi connectivity index (χ1) is 16.1. The van der Waals surface area contributed by atoms with E-state index in [1.807, 2.05) is 79.7 Å². The van der Waals surface area contributed by atoms with Gasteiger partial charge in [-0.15, -0.1) is 11.3 Å². The fourth-order valence-electron chi connectivity index (χ4n) is 2.99. The van der Waals surface area contributed by atoms with Gasteiger partial charge in [0.25, 0.3) is 5.91 Å². The van der Waals surface area contributed by atoms with Gasteiger partial charge in [-0.2, -0.15) is 5.10 Å². The minimum atomic E-state index is -0.328. The molecule has 0 saturated carbocycles. The van der Waals surface area contributed by atoms with Crippen molar-refractivity contribution in [3.05, 3.63) is 83.9 Å². The first-order valence-corrected chi connectivity index (χ1v) is 12.0. The van der Waals surface area contributed by atoms with E-state index < -0.39 is 0 Å². The number of carbonyl (C=O) groups excluding carboxylic acids is 1. The monoisotopic (exact) mass is 477 g/mol. The molecule has 0 aliphatic rings. The Morgan fingerprint density at radius 2 is 1.91 bits per heavy atom. The zero-order valence-corrected chi connectivity index (χ0v) is 19.9. The van der Waals surface area contributed by atoms with Crippen molar-refractivity contribution in [3.63, 3.8) is 0 Å². The number of thiazole rings is 1. The molecule has 0 spiro atoms. The zero-order valence-electron chi connectivity index (χ0n) is 18.2. The summed E-state index contributed by atoms with van der Waals surface area (Å²) in [6.45, 7) is 2.29. The molecular formula is C25H23N3O3S2. The van der Waals surface area contributed by atoms with Crippen molar-refractivity contribution in [1.29, 1.82) is 0 Å². The number of hydrazone groups is 1. The molecule has 1 amide bonds. The quantitative estimate of drug-likeness (QED) is 0.195. The summed E-state index contributed by atoms with van der Waals surface area (Å²) in [4.78, 5) is 17.0. The van der Waals surface area contributed by atoms with Gasteiger partial charge < -0.3 is 9.47 Å². The van der Waals surface area contributed by atoms with E-state index >= 15 is 0 Å². The number of carbonyl (C=O) groups is 1. The van der Waals surface area contributed by atoms with E-state index in [9.17, 15) is 4.79 Å². The molecule has 0 aliphatic carbocycles. The van der Waals surface area contributed by atoms with Gasteiger partial charge in [0.1, 0.15) is 6.61 Å². The van der Waals surface area contributed by atoms with Crippen LogP contribution in [0.4, 0.5) is 0 Å². The third-order valence-electron chi connectivity index (χ3n) is 4.73. The first kappa shape index (κ1) is 22.8. The average molecular weight is 478 g/mol. The molecule has 1 aromatic heterocycles. The Morgan fingerprint density at radius 3 is 2.70 bits per heavy atom. The summed E-state index contributed by atoms with van der Waals surface area (Å²) in [5.41, 5.74) is 5.40. The number of benzene rings is 3. The molecule has 8 heteroatoms. The second-order valence-corrected chi connectivity index (χ2v) is 9.74. The smallest absolute Gasteiger partial charge is 0.253 e. The maximum atomic E-state index is 12.4. The minimum Gasteiger partial charge on any atom is -0.493 e. The van der Waals surface area contributed by atoms with Crippen molar-refractivity contribution in [2.45, 2.75) is 23.1 Å². The zero-order chi connectivity index (χ0) is 23.0. The SMILES string of the molecule is COc1cc(C=NNC(=O)C(C)Sc2nc3ccccc3s2)ccc1OCc1ccccc1. The van der Waals surface area contributed by atoms with Crippen molar-refractivity contribution >= 4 is 45.4 Å². The van der Waals surface area contributed by atoms with E-state index in [0.717, 1.165) is 25.7 Å². The molecule has 1 atom stereocenters. The number of fused-ring (bicyclic) bond motifs is 1. The molecule has 168 valence electrons. The number of thioether (sulfide) groups is 1. The first-order valence-electron chi connectivity index (χ1n) is 10.3. The summed E-state index contributed by atoms with van der Waals surface area (Å²) in [6, 6.07) is 23.4. The van der Waals surface area contributed by atoms with Gasteiger partial charge in [0.15, 0.2) is 15.8 Å². The molecule has 0 fully saturated rings. The molecule has 0 bridgehead atoms. The third kappa shape index (κ3) is 6.12. The van der Waals surface area contributed by atoms with Crippen molar-refractivity contribution < 1.29 is 14.3 Å². The fourth-order valence-corrected chi connectivity index (χ4v) is 5.19. The molecule has 0 saturated heterocycles. The number of hydrogen-bond acceptors (Lipinski definition) is 7. The van der Waals surface area contributed by atoms with Gasteiger partial charge in [-0.25, -0.2) is 10.4 Å². The number of nitrogens with one attached hydrogen (secondary N) is 1. The van der Waals surface area contributed by atoms with Gasteiger partial charge in [0, 0.05) is 0 Å². The fraction of sp³-hybridized carbons (Fsp3) is 0.160. The van der Waals surface area contributed by atoms with Gasteiger partial charge in [0.2, 0.25) is 0 Å². The molecule has 1 heterocycles.